The van der Waals surface area contributed by atoms with Crippen LogP contribution < -0.4 is 10.6 Å². The Bertz CT molecular complexity index is 807. The fourth-order valence-corrected chi connectivity index (χ4v) is 3.35. The Morgan fingerprint density at radius 3 is 2.50 bits per heavy atom. The lowest BCUT2D eigenvalue weighted by Crippen LogP contribution is -2.63. The van der Waals surface area contributed by atoms with Crippen LogP contribution in [0.5, 0.6) is 0 Å². The second-order valence-electron chi connectivity index (χ2n) is 7.41. The molecule has 1 saturated heterocycles. The number of amides is 2. The highest BCUT2D eigenvalue weighted by Gasteiger charge is 2.36. The van der Waals surface area contributed by atoms with Crippen molar-refractivity contribution in [1.29, 1.82) is 0 Å². The Morgan fingerprint density at radius 2 is 1.86 bits per heavy atom. The third-order valence-electron chi connectivity index (χ3n) is 4.88. The molecule has 0 saturated carbocycles. The van der Waals surface area contributed by atoms with E-state index in [0.29, 0.717) is 25.5 Å². The summed E-state index contributed by atoms with van der Waals surface area (Å²) in [5.74, 6) is 0.414. The van der Waals surface area contributed by atoms with Gasteiger partial charge in [0.2, 0.25) is 11.8 Å². The molecule has 0 bridgehead atoms. The van der Waals surface area contributed by atoms with E-state index in [-0.39, 0.29) is 23.8 Å². The number of carbonyl (C=O) groups excluding carboxylic acids is 2. The number of hydrogen-bond acceptors (Lipinski definition) is 5. The van der Waals surface area contributed by atoms with Crippen molar-refractivity contribution in [3.8, 4) is 11.4 Å². The minimum absolute atomic E-state index is 0.00967. The quantitative estimate of drug-likeness (QED) is 0.822. The number of hydrogen-bond donors (Lipinski definition) is 2. The zero-order valence-electron chi connectivity index (χ0n) is 16.6. The third-order valence-corrected chi connectivity index (χ3v) is 4.88. The highest BCUT2D eigenvalue weighted by molar-refractivity contribution is 5.89. The Labute approximate surface area is 165 Å². The van der Waals surface area contributed by atoms with Crippen LogP contribution in [-0.4, -0.2) is 51.9 Å². The zero-order valence-corrected chi connectivity index (χ0v) is 16.6. The van der Waals surface area contributed by atoms with E-state index in [2.05, 4.69) is 20.6 Å². The molecule has 1 aromatic carbocycles. The molecule has 1 aliphatic heterocycles. The first-order valence-electron chi connectivity index (χ1n) is 9.64. The summed E-state index contributed by atoms with van der Waals surface area (Å²) in [6, 6.07) is 9.06. The van der Waals surface area contributed by atoms with E-state index in [1.54, 1.807) is 23.4 Å². The first kappa shape index (κ1) is 19.9. The van der Waals surface area contributed by atoms with Gasteiger partial charge < -0.3 is 15.5 Å². The molecule has 7 heteroatoms. The minimum Gasteiger partial charge on any atom is -0.350 e. The molecular formula is C21H27N5O2. The van der Waals surface area contributed by atoms with Crippen LogP contribution in [0.3, 0.4) is 0 Å². The average molecular weight is 381 g/mol. The first-order chi connectivity index (χ1) is 13.5. The van der Waals surface area contributed by atoms with Gasteiger partial charge in [-0.2, -0.15) is 0 Å². The smallest absolute Gasteiger partial charge is 0.244 e. The van der Waals surface area contributed by atoms with Crippen molar-refractivity contribution in [3.63, 3.8) is 0 Å². The van der Waals surface area contributed by atoms with Crippen molar-refractivity contribution in [1.82, 2.24) is 25.5 Å². The fourth-order valence-electron chi connectivity index (χ4n) is 3.35. The van der Waals surface area contributed by atoms with Crippen LogP contribution in [0.2, 0.25) is 0 Å². The lowest BCUT2D eigenvalue weighted by Gasteiger charge is -2.41. The summed E-state index contributed by atoms with van der Waals surface area (Å²) in [5.41, 5.74) is 1.90. The molecule has 0 spiro atoms. The summed E-state index contributed by atoms with van der Waals surface area (Å²) in [6.45, 7) is 7.28. The summed E-state index contributed by atoms with van der Waals surface area (Å²) in [6.07, 6.45) is 3.42. The van der Waals surface area contributed by atoms with Gasteiger partial charge in [0.05, 0.1) is 0 Å². The van der Waals surface area contributed by atoms with Crippen molar-refractivity contribution >= 4 is 11.8 Å². The van der Waals surface area contributed by atoms with Crippen LogP contribution in [0, 0.1) is 5.92 Å². The van der Waals surface area contributed by atoms with Crippen LogP contribution in [0.1, 0.15) is 26.3 Å². The van der Waals surface area contributed by atoms with E-state index >= 15 is 0 Å². The molecule has 2 N–H and O–H groups in total. The van der Waals surface area contributed by atoms with Crippen LogP contribution in [0.15, 0.2) is 42.7 Å². The van der Waals surface area contributed by atoms with E-state index in [1.165, 1.54) is 0 Å². The Hall–Kier alpha value is -2.80. The monoisotopic (exact) mass is 381 g/mol. The van der Waals surface area contributed by atoms with Gasteiger partial charge in [-0.15, -0.1) is 0 Å². The zero-order chi connectivity index (χ0) is 20.1. The molecule has 0 aliphatic carbocycles. The van der Waals surface area contributed by atoms with Crippen molar-refractivity contribution in [3.05, 3.63) is 48.3 Å². The highest BCUT2D eigenvalue weighted by atomic mass is 16.2. The molecule has 0 unspecified atom stereocenters. The lowest BCUT2D eigenvalue weighted by atomic mass is 10.0. The van der Waals surface area contributed by atoms with Gasteiger partial charge in [0.1, 0.15) is 6.04 Å². The van der Waals surface area contributed by atoms with E-state index < -0.39 is 6.04 Å². The standard InChI is InChI=1S/C21H27N5O2/c1-14(2)21(28)26-15(3)11-22-13-18(26)20(27)25-12-16-5-7-17(8-6-16)19-23-9-4-10-24-19/h4-10,14-15,18,22H,11-13H2,1-3H3,(H,25,27)/t15-,18-/m1/s1. The van der Waals surface area contributed by atoms with Crippen molar-refractivity contribution < 1.29 is 9.59 Å². The molecule has 2 amide bonds. The second kappa shape index (κ2) is 8.93. The highest BCUT2D eigenvalue weighted by Crippen LogP contribution is 2.16. The lowest BCUT2D eigenvalue weighted by molar-refractivity contribution is -0.146. The van der Waals surface area contributed by atoms with E-state index in [4.69, 9.17) is 0 Å². The van der Waals surface area contributed by atoms with Gasteiger partial charge in [-0.05, 0) is 18.6 Å². The molecular weight excluding hydrogens is 354 g/mol. The van der Waals surface area contributed by atoms with Crippen molar-refractivity contribution in [2.24, 2.45) is 5.92 Å². The summed E-state index contributed by atoms with van der Waals surface area (Å²) < 4.78 is 0. The summed E-state index contributed by atoms with van der Waals surface area (Å²) in [7, 11) is 0. The maximum absolute atomic E-state index is 12.8. The minimum atomic E-state index is -0.490. The van der Waals surface area contributed by atoms with Crippen LogP contribution >= 0.6 is 0 Å². The first-order valence-corrected chi connectivity index (χ1v) is 9.64. The molecule has 2 aromatic rings. The summed E-state index contributed by atoms with van der Waals surface area (Å²) in [5, 5.41) is 6.21. The van der Waals surface area contributed by atoms with Crippen LogP contribution in [0.4, 0.5) is 0 Å². The molecule has 28 heavy (non-hydrogen) atoms. The maximum Gasteiger partial charge on any atom is 0.244 e. The normalized spacial score (nSPS) is 19.5. The predicted molar refractivity (Wildman–Crippen MR) is 107 cm³/mol. The summed E-state index contributed by atoms with van der Waals surface area (Å²) in [4.78, 5) is 35.6. The van der Waals surface area contributed by atoms with Crippen LogP contribution in [-0.2, 0) is 16.1 Å². The number of rotatable bonds is 5. The van der Waals surface area contributed by atoms with Gasteiger partial charge in [0, 0.05) is 49.6 Å². The molecule has 1 aliphatic rings. The van der Waals surface area contributed by atoms with E-state index in [0.717, 1.165) is 11.1 Å². The van der Waals surface area contributed by atoms with Gasteiger partial charge in [0.25, 0.3) is 0 Å². The number of benzene rings is 1. The van der Waals surface area contributed by atoms with Gasteiger partial charge in [-0.3, -0.25) is 9.59 Å². The number of nitrogens with one attached hydrogen (secondary N) is 2. The molecule has 1 aromatic heterocycles. The molecule has 2 heterocycles. The Balaban J connectivity index is 1.63. The van der Waals surface area contributed by atoms with Gasteiger partial charge >= 0.3 is 0 Å². The molecule has 1 fully saturated rings. The third kappa shape index (κ3) is 4.54. The van der Waals surface area contributed by atoms with E-state index in [1.807, 2.05) is 45.0 Å². The van der Waals surface area contributed by atoms with Crippen molar-refractivity contribution in [2.45, 2.75) is 39.4 Å². The predicted octanol–water partition coefficient (Wildman–Crippen LogP) is 1.60. The molecule has 3 rings (SSSR count). The van der Waals surface area contributed by atoms with Gasteiger partial charge in [-0.25, -0.2) is 9.97 Å². The molecule has 7 nitrogen and oxygen atoms in total. The molecule has 0 radical (unpaired) electrons. The topological polar surface area (TPSA) is 87.2 Å². The average Bonchev–Trinajstić information content (AvgIpc) is 2.72. The molecule has 2 atom stereocenters. The number of nitrogens with zero attached hydrogens (tertiary/aromatic N) is 3. The van der Waals surface area contributed by atoms with Gasteiger partial charge in [-0.1, -0.05) is 38.1 Å². The van der Waals surface area contributed by atoms with Crippen LogP contribution in [0.25, 0.3) is 11.4 Å². The maximum atomic E-state index is 12.8. The SMILES string of the molecule is CC(C)C(=O)N1[C@H](C)CNC[C@@H]1C(=O)NCc1ccc(-c2ncccn2)cc1. The number of carbonyl (C=O) groups is 2. The number of aromatic nitrogens is 2. The van der Waals surface area contributed by atoms with Gasteiger partial charge in [0.15, 0.2) is 5.82 Å². The van der Waals surface area contributed by atoms with Crippen molar-refractivity contribution in [2.75, 3.05) is 13.1 Å². The summed E-state index contributed by atoms with van der Waals surface area (Å²) >= 11 is 0. The Morgan fingerprint density at radius 1 is 1.18 bits per heavy atom. The largest absolute Gasteiger partial charge is 0.350 e. The molecule has 148 valence electrons. The van der Waals surface area contributed by atoms with E-state index in [9.17, 15) is 9.59 Å². The Kier molecular flexibility index (Phi) is 6.36. The second-order valence-corrected chi connectivity index (χ2v) is 7.41. The number of piperazine rings is 1. The fraction of sp³-hybridized carbons (Fsp3) is 0.429.